The Balaban J connectivity index is 1.29. The fraction of sp³-hybridized carbons (Fsp3) is 0.972. The van der Waals surface area contributed by atoms with Gasteiger partial charge in [0.05, 0.1) is 115 Å². The second-order valence-corrected chi connectivity index (χ2v) is 15.3. The van der Waals surface area contributed by atoms with Crippen molar-refractivity contribution in [3.8, 4) is 0 Å². The van der Waals surface area contributed by atoms with Crippen LogP contribution in [-0.2, 0) is 47.4 Å². The van der Waals surface area contributed by atoms with Gasteiger partial charge in [0.25, 0.3) is 0 Å². The van der Waals surface area contributed by atoms with Crippen molar-refractivity contribution >= 4 is 5.97 Å². The Morgan fingerprint density at radius 2 is 0.754 bits per heavy atom. The minimum absolute atomic E-state index is 0.0166. The van der Waals surface area contributed by atoms with Gasteiger partial charge in [-0.25, -0.2) is 0 Å². The molecule has 0 aromatic carbocycles. The van der Waals surface area contributed by atoms with Gasteiger partial charge in [-0.15, -0.1) is 0 Å². The van der Waals surface area contributed by atoms with Crippen LogP contribution in [0.5, 0.6) is 0 Å². The normalized spacial score (nSPS) is 44.2. The lowest BCUT2D eigenvalue weighted by Gasteiger charge is -2.44. The zero-order valence-corrected chi connectivity index (χ0v) is 32.5. The molecule has 0 aliphatic carbocycles. The van der Waals surface area contributed by atoms with Crippen molar-refractivity contribution in [1.29, 1.82) is 0 Å². The molecule has 334 valence electrons. The molecule has 4 heterocycles. The van der Waals surface area contributed by atoms with Crippen LogP contribution in [0.2, 0.25) is 0 Å². The van der Waals surface area contributed by atoms with E-state index in [1.807, 2.05) is 0 Å². The van der Waals surface area contributed by atoms with Crippen molar-refractivity contribution in [1.82, 2.24) is 0 Å². The van der Waals surface area contributed by atoms with E-state index < -0.39 is 141 Å². The largest absolute Gasteiger partial charge is 0.463 e. The maximum Gasteiger partial charge on any atom is 0.302 e. The van der Waals surface area contributed by atoms with Crippen LogP contribution in [-0.4, -0.2) is 240 Å². The van der Waals surface area contributed by atoms with Gasteiger partial charge in [0.1, 0.15) is 55.4 Å². The van der Waals surface area contributed by atoms with Crippen LogP contribution in [0.25, 0.3) is 0 Å². The third kappa shape index (κ3) is 12.0. The van der Waals surface area contributed by atoms with E-state index in [0.717, 1.165) is 0 Å². The molecule has 20 atom stereocenters. The molecule has 8 unspecified atom stereocenters. The number of rotatable bonds is 20. The van der Waals surface area contributed by atoms with Crippen molar-refractivity contribution in [3.63, 3.8) is 0 Å². The highest BCUT2D eigenvalue weighted by molar-refractivity contribution is 5.65. The van der Waals surface area contributed by atoms with Crippen LogP contribution in [0, 0.1) is 23.7 Å². The summed E-state index contributed by atoms with van der Waals surface area (Å²) in [7, 11) is 1.40. The highest BCUT2D eigenvalue weighted by atomic mass is 16.6. The first-order chi connectivity index (χ1) is 27.2. The summed E-state index contributed by atoms with van der Waals surface area (Å²) in [6, 6.07) is 0. The Morgan fingerprint density at radius 3 is 1.09 bits per heavy atom. The number of hydrogen-bond acceptors (Lipinski definition) is 21. The van der Waals surface area contributed by atoms with Crippen molar-refractivity contribution in [2.75, 3.05) is 79.8 Å². The Labute approximate surface area is 330 Å². The molecule has 4 aliphatic rings. The van der Waals surface area contributed by atoms with Gasteiger partial charge >= 0.3 is 5.97 Å². The first kappa shape index (κ1) is 48.4. The zero-order valence-electron chi connectivity index (χ0n) is 32.5. The van der Waals surface area contributed by atoms with E-state index in [-0.39, 0.29) is 59.5 Å². The molecule has 21 nitrogen and oxygen atoms in total. The monoisotopic (exact) mass is 832 g/mol. The molecule has 0 aromatic heterocycles. The quantitative estimate of drug-likeness (QED) is 0.0509. The highest BCUT2D eigenvalue weighted by Gasteiger charge is 2.49. The minimum Gasteiger partial charge on any atom is -0.463 e. The molecule has 11 N–H and O–H groups in total. The molecule has 57 heavy (non-hydrogen) atoms. The van der Waals surface area contributed by atoms with E-state index >= 15 is 0 Å². The SMILES string of the molecule is CC[C@H]1C(CO)O[C@@H](COC[C@H]2C(CO)O[C@@H](COC[C@H]3C(COC(C)=O)O[C@@H](COC[C@H]4C(CO)O[C@@H](COC)C(O)[C@H]4O)C(O)[C@H]3O)C(O)[C@H]2O)C(O)[C@H]1O. The summed E-state index contributed by atoms with van der Waals surface area (Å²) in [6.07, 6.45) is -18.5. The maximum absolute atomic E-state index is 11.7. The van der Waals surface area contributed by atoms with Crippen LogP contribution in [0.1, 0.15) is 20.3 Å². The number of esters is 1. The lowest BCUT2D eigenvalue weighted by Crippen LogP contribution is -2.60. The Bertz CT molecular complexity index is 1170. The Kier molecular flexibility index (Phi) is 19.6. The highest BCUT2D eigenvalue weighted by Crippen LogP contribution is 2.33. The summed E-state index contributed by atoms with van der Waals surface area (Å²) in [5.74, 6) is -3.89. The molecule has 4 fully saturated rings. The average Bonchev–Trinajstić information content (AvgIpc) is 3.19. The van der Waals surface area contributed by atoms with Crippen LogP contribution in [0.3, 0.4) is 0 Å². The molecule has 0 amide bonds. The first-order valence-electron chi connectivity index (χ1n) is 19.5. The predicted molar refractivity (Wildman–Crippen MR) is 189 cm³/mol. The van der Waals surface area contributed by atoms with Gasteiger partial charge in [-0.1, -0.05) is 6.92 Å². The van der Waals surface area contributed by atoms with E-state index in [9.17, 15) is 61.0 Å². The molecule has 0 saturated carbocycles. The average molecular weight is 833 g/mol. The first-order valence-corrected chi connectivity index (χ1v) is 19.5. The van der Waals surface area contributed by atoms with Crippen LogP contribution >= 0.6 is 0 Å². The number of aliphatic hydroxyl groups excluding tert-OH is 11. The van der Waals surface area contributed by atoms with Gasteiger partial charge in [-0.05, 0) is 6.42 Å². The molecule has 0 aromatic rings. The van der Waals surface area contributed by atoms with Gasteiger partial charge in [0.15, 0.2) is 0 Å². The smallest absolute Gasteiger partial charge is 0.302 e. The topological polar surface area (TPSA) is 323 Å². The molecule has 0 radical (unpaired) electrons. The molecular weight excluding hydrogens is 768 g/mol. The third-order valence-corrected chi connectivity index (χ3v) is 11.6. The fourth-order valence-electron chi connectivity index (χ4n) is 8.09. The molecule has 0 spiro atoms. The van der Waals surface area contributed by atoms with Crippen LogP contribution < -0.4 is 0 Å². The van der Waals surface area contributed by atoms with Gasteiger partial charge < -0.3 is 98.8 Å². The lowest BCUT2D eigenvalue weighted by molar-refractivity contribution is -0.251. The summed E-state index contributed by atoms with van der Waals surface area (Å²) in [5, 5.41) is 116. The second-order valence-electron chi connectivity index (χ2n) is 15.3. The van der Waals surface area contributed by atoms with Crippen LogP contribution in [0.15, 0.2) is 0 Å². The summed E-state index contributed by atoms with van der Waals surface area (Å²) in [5.41, 5.74) is 0. The van der Waals surface area contributed by atoms with Gasteiger partial charge in [0.2, 0.25) is 0 Å². The minimum atomic E-state index is -1.53. The second kappa shape index (κ2) is 23.1. The number of carbonyl (C=O) groups excluding carboxylic acids is 1. The maximum atomic E-state index is 11.7. The van der Waals surface area contributed by atoms with Gasteiger partial charge in [-0.2, -0.15) is 0 Å². The van der Waals surface area contributed by atoms with Crippen molar-refractivity contribution in [2.45, 2.75) is 118 Å². The van der Waals surface area contributed by atoms with E-state index in [0.29, 0.717) is 6.42 Å². The van der Waals surface area contributed by atoms with Gasteiger partial charge in [0, 0.05) is 37.7 Å². The number of carbonyl (C=O) groups is 1. The molecule has 21 heteroatoms. The summed E-state index contributed by atoms with van der Waals surface area (Å²) in [6.45, 7) is -0.445. The van der Waals surface area contributed by atoms with E-state index in [2.05, 4.69) is 0 Å². The summed E-state index contributed by atoms with van der Waals surface area (Å²) >= 11 is 0. The molecule has 4 aliphatic heterocycles. The van der Waals surface area contributed by atoms with Crippen LogP contribution in [0.4, 0.5) is 0 Å². The number of aliphatic hydroxyl groups is 11. The van der Waals surface area contributed by atoms with Crippen molar-refractivity contribution in [3.05, 3.63) is 0 Å². The predicted octanol–water partition coefficient (Wildman–Crippen LogP) is -5.95. The summed E-state index contributed by atoms with van der Waals surface area (Å²) < 4.78 is 50.6. The Morgan fingerprint density at radius 1 is 0.439 bits per heavy atom. The lowest BCUT2D eigenvalue weighted by atomic mass is 9.85. The van der Waals surface area contributed by atoms with Crippen molar-refractivity contribution in [2.24, 2.45) is 23.7 Å². The number of ether oxygens (including phenoxy) is 9. The standard InChI is InChI=1S/C36H64O21/c1-4-17-21(5-37)54-26(34(46)29(17)41)12-50-9-19-23(7-39)56-27(35(47)31(19)43)13-52-10-20-24(15-53-16(2)40)57-28(36(48)32(20)44)14-51-8-18-22(6-38)55-25(11-49-3)33(45)30(18)42/h17-39,41-48H,4-15H2,1-3H3/t17-,18-,19-,20-,21?,22?,23?,24?,25-,26-,27-,28-,29-,30-,31-,32-,33?,34?,35?,36?/m0/s1. The summed E-state index contributed by atoms with van der Waals surface area (Å²) in [4.78, 5) is 11.7. The van der Waals surface area contributed by atoms with Crippen molar-refractivity contribution < 1.29 is 104 Å². The molecule has 4 saturated heterocycles. The van der Waals surface area contributed by atoms with E-state index in [1.165, 1.54) is 14.0 Å². The molecule has 0 bridgehead atoms. The molecule has 4 rings (SSSR count). The zero-order chi connectivity index (χ0) is 42.0. The third-order valence-electron chi connectivity index (χ3n) is 11.6. The van der Waals surface area contributed by atoms with Gasteiger partial charge in [-0.3, -0.25) is 4.79 Å². The number of hydrogen-bond donors (Lipinski definition) is 11. The molecular formula is C36H64O21. The number of methoxy groups -OCH3 is 1. The van der Waals surface area contributed by atoms with E-state index in [4.69, 9.17) is 42.6 Å². The Hall–Kier alpha value is -1.29. The van der Waals surface area contributed by atoms with E-state index in [1.54, 1.807) is 6.92 Å². The fourth-order valence-corrected chi connectivity index (χ4v) is 8.09.